The quantitative estimate of drug-likeness (QED) is 0.770. The molecule has 1 rings (SSSR count). The summed E-state index contributed by atoms with van der Waals surface area (Å²) in [7, 11) is 1.40. The van der Waals surface area contributed by atoms with Gasteiger partial charge in [-0.15, -0.1) is 0 Å². The van der Waals surface area contributed by atoms with Crippen LogP contribution in [0.5, 0.6) is 5.75 Å². The first-order valence-corrected chi connectivity index (χ1v) is 4.42. The zero-order valence-electron chi connectivity index (χ0n) is 8.55. The maximum Gasteiger partial charge on any atom is 0.270 e. The monoisotopic (exact) mass is 211 g/mol. The van der Waals surface area contributed by atoms with Crippen LogP contribution in [0, 0.1) is 11.3 Å². The van der Waals surface area contributed by atoms with E-state index in [4.69, 9.17) is 10.00 Å². The lowest BCUT2D eigenvalue weighted by Crippen LogP contribution is -2.11. The Morgan fingerprint density at radius 3 is 2.60 bits per heavy atom. The lowest BCUT2D eigenvalue weighted by Gasteiger charge is -2.16. The maximum absolute atomic E-state index is 13.2. The molecule has 0 radical (unpaired) electrons. The van der Waals surface area contributed by atoms with Crippen molar-refractivity contribution in [1.29, 1.82) is 5.26 Å². The molecule has 0 unspecified atom stereocenters. The summed E-state index contributed by atoms with van der Waals surface area (Å²) in [6.45, 7) is 0.808. The average Bonchev–Trinajstić information content (AvgIpc) is 2.17. The fourth-order valence-corrected chi connectivity index (χ4v) is 1.43. The fourth-order valence-electron chi connectivity index (χ4n) is 1.43. The normalized spacial score (nSPS) is 10.9. The van der Waals surface area contributed by atoms with Crippen LogP contribution in [0.3, 0.4) is 0 Å². The minimum atomic E-state index is -2.96. The van der Waals surface area contributed by atoms with Crippen LogP contribution < -0.4 is 4.74 Å². The van der Waals surface area contributed by atoms with Gasteiger partial charge in [0.25, 0.3) is 5.92 Å². The second-order valence-corrected chi connectivity index (χ2v) is 3.21. The Morgan fingerprint density at radius 2 is 2.13 bits per heavy atom. The smallest absolute Gasteiger partial charge is 0.270 e. The SMILES string of the molecule is COc1cccc(C(C)(F)F)c1CC#N. The van der Waals surface area contributed by atoms with Gasteiger partial charge in [-0.25, -0.2) is 8.78 Å². The third kappa shape index (κ3) is 2.44. The topological polar surface area (TPSA) is 33.0 Å². The molecule has 0 amide bonds. The number of rotatable bonds is 3. The zero-order valence-corrected chi connectivity index (χ0v) is 8.55. The molecule has 2 nitrogen and oxygen atoms in total. The van der Waals surface area contributed by atoms with E-state index in [0.717, 1.165) is 6.92 Å². The molecule has 0 saturated carbocycles. The van der Waals surface area contributed by atoms with Crippen LogP contribution in [0.1, 0.15) is 18.1 Å². The van der Waals surface area contributed by atoms with Crippen molar-refractivity contribution in [2.75, 3.05) is 7.11 Å². The van der Waals surface area contributed by atoms with Crippen molar-refractivity contribution in [3.05, 3.63) is 29.3 Å². The van der Waals surface area contributed by atoms with Crippen molar-refractivity contribution in [1.82, 2.24) is 0 Å². The first-order chi connectivity index (χ1) is 7.00. The van der Waals surface area contributed by atoms with Gasteiger partial charge in [0.15, 0.2) is 0 Å². The Kier molecular flexibility index (Phi) is 3.25. The fraction of sp³-hybridized carbons (Fsp3) is 0.364. The summed E-state index contributed by atoms with van der Waals surface area (Å²) >= 11 is 0. The van der Waals surface area contributed by atoms with Gasteiger partial charge >= 0.3 is 0 Å². The van der Waals surface area contributed by atoms with Crippen molar-refractivity contribution in [3.8, 4) is 11.8 Å². The number of benzene rings is 1. The summed E-state index contributed by atoms with van der Waals surface area (Å²) in [6.07, 6.45) is -0.0806. The van der Waals surface area contributed by atoms with Gasteiger partial charge in [0.2, 0.25) is 0 Å². The molecule has 0 spiro atoms. The van der Waals surface area contributed by atoms with E-state index in [9.17, 15) is 8.78 Å². The minimum Gasteiger partial charge on any atom is -0.496 e. The molecule has 80 valence electrons. The molecule has 15 heavy (non-hydrogen) atoms. The van der Waals surface area contributed by atoms with E-state index in [1.54, 1.807) is 6.07 Å². The molecule has 0 aliphatic heterocycles. The standard InChI is InChI=1S/C11H11F2NO/c1-11(12,13)9-4-3-5-10(15-2)8(9)6-7-14/h3-5H,6H2,1-2H3. The van der Waals surface area contributed by atoms with Crippen molar-refractivity contribution < 1.29 is 13.5 Å². The number of hydrogen-bond acceptors (Lipinski definition) is 2. The molecule has 0 aromatic heterocycles. The zero-order chi connectivity index (χ0) is 11.5. The third-order valence-electron chi connectivity index (χ3n) is 2.08. The first-order valence-electron chi connectivity index (χ1n) is 4.42. The lowest BCUT2D eigenvalue weighted by molar-refractivity contribution is 0.0164. The highest BCUT2D eigenvalue weighted by Gasteiger charge is 2.28. The van der Waals surface area contributed by atoms with Gasteiger partial charge in [-0.05, 0) is 6.07 Å². The highest BCUT2D eigenvalue weighted by Crippen LogP contribution is 2.34. The van der Waals surface area contributed by atoms with Crippen LogP contribution in [0.4, 0.5) is 8.78 Å². The van der Waals surface area contributed by atoms with Gasteiger partial charge in [0, 0.05) is 18.1 Å². The predicted molar refractivity (Wildman–Crippen MR) is 51.9 cm³/mol. The van der Waals surface area contributed by atoms with Crippen LogP contribution in [-0.4, -0.2) is 7.11 Å². The van der Waals surface area contributed by atoms with Crippen molar-refractivity contribution in [2.45, 2.75) is 19.3 Å². The molecular formula is C11H11F2NO. The molecule has 4 heteroatoms. The summed E-state index contributed by atoms with van der Waals surface area (Å²) < 4.78 is 31.3. The Hall–Kier alpha value is -1.63. The lowest BCUT2D eigenvalue weighted by atomic mass is 9.99. The van der Waals surface area contributed by atoms with Gasteiger partial charge in [-0.3, -0.25) is 0 Å². The highest BCUT2D eigenvalue weighted by molar-refractivity contribution is 5.43. The van der Waals surface area contributed by atoms with Crippen molar-refractivity contribution in [2.24, 2.45) is 0 Å². The number of alkyl halides is 2. The van der Waals surface area contributed by atoms with E-state index in [2.05, 4.69) is 0 Å². The Labute approximate surface area is 87.1 Å². The number of nitrogens with zero attached hydrogens (tertiary/aromatic N) is 1. The molecule has 1 aromatic rings. The molecule has 0 N–H and O–H groups in total. The molecule has 0 aliphatic rings. The van der Waals surface area contributed by atoms with Gasteiger partial charge < -0.3 is 4.74 Å². The third-order valence-corrected chi connectivity index (χ3v) is 2.08. The van der Waals surface area contributed by atoms with Crippen LogP contribution in [0.25, 0.3) is 0 Å². The summed E-state index contributed by atoms with van der Waals surface area (Å²) in [5, 5.41) is 8.58. The van der Waals surface area contributed by atoms with Crippen LogP contribution >= 0.6 is 0 Å². The summed E-state index contributed by atoms with van der Waals surface area (Å²) in [4.78, 5) is 0. The first kappa shape index (κ1) is 11.4. The largest absolute Gasteiger partial charge is 0.496 e. The van der Waals surface area contributed by atoms with E-state index in [1.807, 2.05) is 6.07 Å². The number of ether oxygens (including phenoxy) is 1. The summed E-state index contributed by atoms with van der Waals surface area (Å²) in [5.41, 5.74) is 0.110. The van der Waals surface area contributed by atoms with Gasteiger partial charge in [0.1, 0.15) is 5.75 Å². The van der Waals surface area contributed by atoms with Crippen LogP contribution in [0.2, 0.25) is 0 Å². The van der Waals surface area contributed by atoms with E-state index in [0.29, 0.717) is 5.75 Å². The Balaban J connectivity index is 3.33. The number of halogens is 2. The van der Waals surface area contributed by atoms with Crippen LogP contribution in [-0.2, 0) is 12.3 Å². The van der Waals surface area contributed by atoms with Gasteiger partial charge in [0.05, 0.1) is 19.6 Å². The summed E-state index contributed by atoms with van der Waals surface area (Å²) in [5.74, 6) is -2.63. The van der Waals surface area contributed by atoms with Gasteiger partial charge in [-0.2, -0.15) is 5.26 Å². The van der Waals surface area contributed by atoms with Gasteiger partial charge in [-0.1, -0.05) is 12.1 Å². The highest BCUT2D eigenvalue weighted by atomic mass is 19.3. The van der Waals surface area contributed by atoms with Crippen molar-refractivity contribution >= 4 is 0 Å². The van der Waals surface area contributed by atoms with E-state index in [-0.39, 0.29) is 17.5 Å². The molecule has 0 atom stereocenters. The maximum atomic E-state index is 13.2. The van der Waals surface area contributed by atoms with E-state index in [1.165, 1.54) is 19.2 Å². The second-order valence-electron chi connectivity index (χ2n) is 3.21. The van der Waals surface area contributed by atoms with E-state index < -0.39 is 5.92 Å². The molecule has 0 heterocycles. The number of nitriles is 1. The molecule has 0 saturated heterocycles. The molecule has 0 bridgehead atoms. The molecule has 0 aliphatic carbocycles. The molecule has 0 fully saturated rings. The Bertz CT molecular complexity index is 391. The van der Waals surface area contributed by atoms with E-state index >= 15 is 0 Å². The summed E-state index contributed by atoms with van der Waals surface area (Å²) in [6, 6.07) is 6.24. The predicted octanol–water partition coefficient (Wildman–Crippen LogP) is 2.87. The Morgan fingerprint density at radius 1 is 1.47 bits per heavy atom. The molecular weight excluding hydrogens is 200 g/mol. The minimum absolute atomic E-state index is 0.0806. The van der Waals surface area contributed by atoms with Crippen molar-refractivity contribution in [3.63, 3.8) is 0 Å². The number of methoxy groups -OCH3 is 1. The molecule has 1 aromatic carbocycles. The number of hydrogen-bond donors (Lipinski definition) is 0. The average molecular weight is 211 g/mol. The van der Waals surface area contributed by atoms with Crippen LogP contribution in [0.15, 0.2) is 18.2 Å². The second kappa shape index (κ2) is 4.26.